The van der Waals surface area contributed by atoms with Gasteiger partial charge >= 0.3 is 6.18 Å². The van der Waals surface area contributed by atoms with E-state index in [-0.39, 0.29) is 33.5 Å². The first-order chi connectivity index (χ1) is 12.2. The molecule has 0 radical (unpaired) electrons. The highest BCUT2D eigenvalue weighted by Gasteiger charge is 2.30. The van der Waals surface area contributed by atoms with E-state index in [0.29, 0.717) is 5.56 Å². The summed E-state index contributed by atoms with van der Waals surface area (Å²) < 4.78 is 52.1. The van der Waals surface area contributed by atoms with Crippen LogP contribution in [0.1, 0.15) is 22.3 Å². The molecule has 0 unspecified atom stereocenters. The quantitative estimate of drug-likeness (QED) is 0.649. The van der Waals surface area contributed by atoms with Crippen LogP contribution in [0, 0.1) is 17.1 Å². The number of pyridine rings is 1. The second-order valence-electron chi connectivity index (χ2n) is 5.59. The molecule has 0 bridgehead atoms. The van der Waals surface area contributed by atoms with Gasteiger partial charge in [0.05, 0.1) is 21.5 Å². The molecule has 1 heterocycles. The van der Waals surface area contributed by atoms with E-state index < -0.39 is 23.0 Å². The summed E-state index contributed by atoms with van der Waals surface area (Å²) in [5.41, 5.74) is -0.714. The van der Waals surface area contributed by atoms with Gasteiger partial charge in [0.2, 0.25) is 5.43 Å². The van der Waals surface area contributed by atoms with Crippen LogP contribution in [0.25, 0.3) is 10.9 Å². The van der Waals surface area contributed by atoms with Gasteiger partial charge in [0.25, 0.3) is 0 Å². The Morgan fingerprint density at radius 3 is 2.42 bits per heavy atom. The van der Waals surface area contributed by atoms with Crippen LogP contribution in [0.5, 0.6) is 0 Å². The molecule has 1 aromatic heterocycles. The van der Waals surface area contributed by atoms with Crippen molar-refractivity contribution in [1.29, 1.82) is 5.26 Å². The zero-order valence-electron chi connectivity index (χ0n) is 12.9. The highest BCUT2D eigenvalue weighted by Crippen LogP contribution is 2.31. The SMILES string of the molecule is N#Cc1c[nH]c2c(Cc3ccc(C(F)(F)F)cc3)c(Cl)c(F)cc2c1=O. The van der Waals surface area contributed by atoms with Crippen molar-refractivity contribution in [2.24, 2.45) is 0 Å². The van der Waals surface area contributed by atoms with Gasteiger partial charge in [-0.2, -0.15) is 18.4 Å². The minimum absolute atomic E-state index is 0.00701. The predicted octanol–water partition coefficient (Wildman–Crippen LogP) is 4.80. The van der Waals surface area contributed by atoms with E-state index in [1.54, 1.807) is 6.07 Å². The Kier molecular flexibility index (Phi) is 4.46. The zero-order valence-corrected chi connectivity index (χ0v) is 13.7. The topological polar surface area (TPSA) is 56.6 Å². The van der Waals surface area contributed by atoms with E-state index in [1.807, 2.05) is 0 Å². The van der Waals surface area contributed by atoms with Crippen LogP contribution >= 0.6 is 11.6 Å². The Morgan fingerprint density at radius 2 is 1.85 bits per heavy atom. The Morgan fingerprint density at radius 1 is 1.19 bits per heavy atom. The first-order valence-corrected chi connectivity index (χ1v) is 7.68. The van der Waals surface area contributed by atoms with Crippen molar-refractivity contribution >= 4 is 22.5 Å². The van der Waals surface area contributed by atoms with Crippen molar-refractivity contribution in [3.8, 4) is 6.07 Å². The Bertz CT molecular complexity index is 1100. The molecule has 2 aromatic carbocycles. The maximum atomic E-state index is 14.1. The van der Waals surface area contributed by atoms with E-state index in [9.17, 15) is 22.4 Å². The third kappa shape index (κ3) is 3.16. The number of aromatic amines is 1. The molecule has 8 heteroatoms. The summed E-state index contributed by atoms with van der Waals surface area (Å²) in [6.45, 7) is 0. The maximum Gasteiger partial charge on any atom is 0.416 e. The number of H-pyrrole nitrogens is 1. The normalized spacial score (nSPS) is 11.5. The Balaban J connectivity index is 2.13. The fourth-order valence-electron chi connectivity index (χ4n) is 2.64. The molecule has 0 spiro atoms. The number of alkyl halides is 3. The summed E-state index contributed by atoms with van der Waals surface area (Å²) in [5.74, 6) is -0.846. The summed E-state index contributed by atoms with van der Waals surface area (Å²) in [5, 5.41) is 8.63. The molecule has 0 fully saturated rings. The van der Waals surface area contributed by atoms with Gasteiger partial charge in [-0.25, -0.2) is 4.39 Å². The van der Waals surface area contributed by atoms with Gasteiger partial charge in [0.1, 0.15) is 17.4 Å². The van der Waals surface area contributed by atoms with Crippen LogP contribution in [-0.2, 0) is 12.6 Å². The molecule has 132 valence electrons. The number of benzene rings is 2. The van der Waals surface area contributed by atoms with Gasteiger partial charge in [0, 0.05) is 18.2 Å². The van der Waals surface area contributed by atoms with Crippen LogP contribution in [-0.4, -0.2) is 4.98 Å². The van der Waals surface area contributed by atoms with Gasteiger partial charge in [-0.1, -0.05) is 23.7 Å². The number of nitrogens with one attached hydrogen (secondary N) is 1. The van der Waals surface area contributed by atoms with Crippen LogP contribution in [0.4, 0.5) is 17.6 Å². The van der Waals surface area contributed by atoms with Crippen molar-refractivity contribution in [3.63, 3.8) is 0 Å². The van der Waals surface area contributed by atoms with E-state index in [0.717, 1.165) is 18.2 Å². The lowest BCUT2D eigenvalue weighted by molar-refractivity contribution is -0.137. The predicted molar refractivity (Wildman–Crippen MR) is 88.5 cm³/mol. The van der Waals surface area contributed by atoms with E-state index in [2.05, 4.69) is 4.98 Å². The van der Waals surface area contributed by atoms with Crippen LogP contribution < -0.4 is 5.43 Å². The third-order valence-electron chi connectivity index (χ3n) is 3.95. The fraction of sp³-hybridized carbons (Fsp3) is 0.111. The lowest BCUT2D eigenvalue weighted by Crippen LogP contribution is -2.10. The van der Waals surface area contributed by atoms with Crippen LogP contribution in [0.2, 0.25) is 5.02 Å². The molecule has 3 rings (SSSR count). The zero-order chi connectivity index (χ0) is 19.1. The van der Waals surface area contributed by atoms with E-state index >= 15 is 0 Å². The molecule has 3 aromatic rings. The largest absolute Gasteiger partial charge is 0.416 e. The molecule has 0 aliphatic carbocycles. The molecule has 0 amide bonds. The van der Waals surface area contributed by atoms with Crippen molar-refractivity contribution in [1.82, 2.24) is 4.98 Å². The van der Waals surface area contributed by atoms with Crippen LogP contribution in [0.3, 0.4) is 0 Å². The lowest BCUT2D eigenvalue weighted by atomic mass is 9.99. The maximum absolute atomic E-state index is 14.1. The van der Waals surface area contributed by atoms with Gasteiger partial charge < -0.3 is 4.98 Å². The van der Waals surface area contributed by atoms with Crippen LogP contribution in [0.15, 0.2) is 41.3 Å². The van der Waals surface area contributed by atoms with Crippen molar-refractivity contribution in [3.05, 3.63) is 79.8 Å². The molecular formula is C18H9ClF4N2O. The van der Waals surface area contributed by atoms with Crippen molar-refractivity contribution < 1.29 is 17.6 Å². The Labute approximate surface area is 149 Å². The average molecular weight is 381 g/mol. The lowest BCUT2D eigenvalue weighted by Gasteiger charge is -2.11. The number of hydrogen-bond acceptors (Lipinski definition) is 2. The molecule has 0 saturated carbocycles. The second kappa shape index (κ2) is 6.46. The van der Waals surface area contributed by atoms with Gasteiger partial charge in [-0.3, -0.25) is 4.79 Å². The summed E-state index contributed by atoms with van der Waals surface area (Å²) in [4.78, 5) is 15.0. The average Bonchev–Trinajstić information content (AvgIpc) is 2.59. The minimum atomic E-state index is -4.46. The molecule has 0 aliphatic heterocycles. The molecule has 3 nitrogen and oxygen atoms in total. The highest BCUT2D eigenvalue weighted by molar-refractivity contribution is 6.32. The number of hydrogen-bond donors (Lipinski definition) is 1. The molecule has 0 saturated heterocycles. The van der Waals surface area contributed by atoms with Gasteiger partial charge in [-0.15, -0.1) is 0 Å². The monoisotopic (exact) mass is 380 g/mol. The number of aromatic nitrogens is 1. The summed E-state index contributed by atoms with van der Waals surface area (Å²) in [7, 11) is 0. The van der Waals surface area contributed by atoms with Crippen molar-refractivity contribution in [2.45, 2.75) is 12.6 Å². The first-order valence-electron chi connectivity index (χ1n) is 7.31. The number of halogens is 5. The summed E-state index contributed by atoms with van der Waals surface area (Å²) in [6.07, 6.45) is -3.26. The summed E-state index contributed by atoms with van der Waals surface area (Å²) >= 11 is 6.01. The number of nitrogens with zero attached hydrogens (tertiary/aromatic N) is 1. The number of fused-ring (bicyclic) bond motifs is 1. The molecule has 26 heavy (non-hydrogen) atoms. The van der Waals surface area contributed by atoms with Gasteiger partial charge in [0.15, 0.2) is 0 Å². The first kappa shape index (κ1) is 18.0. The van der Waals surface area contributed by atoms with E-state index in [4.69, 9.17) is 16.9 Å². The molecule has 0 aliphatic rings. The number of rotatable bonds is 2. The second-order valence-corrected chi connectivity index (χ2v) is 5.97. The van der Waals surface area contributed by atoms with Crippen molar-refractivity contribution in [2.75, 3.05) is 0 Å². The molecule has 0 atom stereocenters. The van der Waals surface area contributed by atoms with E-state index in [1.165, 1.54) is 18.3 Å². The third-order valence-corrected chi connectivity index (χ3v) is 4.36. The Hall–Kier alpha value is -2.85. The number of nitriles is 1. The smallest absolute Gasteiger partial charge is 0.359 e. The minimum Gasteiger partial charge on any atom is -0.359 e. The summed E-state index contributed by atoms with van der Waals surface area (Å²) in [6, 6.07) is 7.00. The molecule has 1 N–H and O–H groups in total. The highest BCUT2D eigenvalue weighted by atomic mass is 35.5. The fourth-order valence-corrected chi connectivity index (χ4v) is 2.86. The molecular weight excluding hydrogens is 372 g/mol. The standard InChI is InChI=1S/C18H9ClF4N2O/c19-15-12(5-9-1-3-11(4-2-9)18(21,22)23)16-13(6-14(15)20)17(26)10(7-24)8-25-16/h1-4,6,8H,5H2,(H,25,26). The van der Waals surface area contributed by atoms with Gasteiger partial charge in [-0.05, 0) is 23.8 Å².